The molecule has 3 heterocycles. The first kappa shape index (κ1) is 33.9. The van der Waals surface area contributed by atoms with Gasteiger partial charge in [-0.15, -0.1) is 0 Å². The lowest BCUT2D eigenvalue weighted by Gasteiger charge is -2.11. The summed E-state index contributed by atoms with van der Waals surface area (Å²) in [4.78, 5) is 20.1. The van der Waals surface area contributed by atoms with Gasteiger partial charge < -0.3 is 8.83 Å². The van der Waals surface area contributed by atoms with E-state index in [0.717, 1.165) is 77.2 Å². The molecule has 0 spiro atoms. The van der Waals surface area contributed by atoms with Crippen molar-refractivity contribution in [3.05, 3.63) is 194 Å². The minimum atomic E-state index is 0.585. The molecule has 0 fully saturated rings. The van der Waals surface area contributed by atoms with Crippen LogP contribution in [0.15, 0.2) is 203 Å². The molecule has 6 nitrogen and oxygen atoms in total. The van der Waals surface area contributed by atoms with Gasteiger partial charge in [0.2, 0.25) is 5.89 Å². The maximum Gasteiger partial charge on any atom is 0.227 e. The number of rotatable bonds is 6. The second-order valence-corrected chi connectivity index (χ2v) is 15.0. The number of furan rings is 1. The molecule has 12 aromatic rings. The van der Waals surface area contributed by atoms with E-state index in [1.807, 2.05) is 48.5 Å². The van der Waals surface area contributed by atoms with Gasteiger partial charge in [-0.25, -0.2) is 19.9 Å². The van der Waals surface area contributed by atoms with E-state index in [9.17, 15) is 0 Å². The van der Waals surface area contributed by atoms with Crippen LogP contribution in [-0.2, 0) is 0 Å². The Morgan fingerprint density at radius 1 is 0.317 bits per heavy atom. The van der Waals surface area contributed by atoms with Crippen molar-refractivity contribution in [2.75, 3.05) is 0 Å². The lowest BCUT2D eigenvalue weighted by molar-refractivity contribution is 0.622. The van der Waals surface area contributed by atoms with Crippen LogP contribution in [0.5, 0.6) is 0 Å². The summed E-state index contributed by atoms with van der Waals surface area (Å²) < 4.78 is 13.0. The van der Waals surface area contributed by atoms with Gasteiger partial charge in [0, 0.05) is 33.0 Å². The van der Waals surface area contributed by atoms with Gasteiger partial charge in [0.15, 0.2) is 23.1 Å². The smallest absolute Gasteiger partial charge is 0.227 e. The third-order valence-corrected chi connectivity index (χ3v) is 11.4. The minimum Gasteiger partial charge on any atom is -0.455 e. The van der Waals surface area contributed by atoms with Crippen LogP contribution < -0.4 is 0 Å². The van der Waals surface area contributed by atoms with Crippen molar-refractivity contribution < 1.29 is 8.83 Å². The Morgan fingerprint density at radius 2 is 0.900 bits per heavy atom. The van der Waals surface area contributed by atoms with Crippen molar-refractivity contribution in [1.82, 2.24) is 19.9 Å². The van der Waals surface area contributed by atoms with Crippen LogP contribution in [0.1, 0.15) is 0 Å². The van der Waals surface area contributed by atoms with E-state index in [1.54, 1.807) is 0 Å². The molecular weight excluding hydrogens is 737 g/mol. The Bertz CT molecular complexity index is 3570. The van der Waals surface area contributed by atoms with Crippen LogP contribution in [0.4, 0.5) is 0 Å². The van der Waals surface area contributed by atoms with Crippen molar-refractivity contribution in [1.29, 1.82) is 0 Å². The quantitative estimate of drug-likeness (QED) is 0.168. The van der Waals surface area contributed by atoms with Gasteiger partial charge in [-0.05, 0) is 80.9 Å². The predicted molar refractivity (Wildman–Crippen MR) is 242 cm³/mol. The fourth-order valence-corrected chi connectivity index (χ4v) is 8.36. The highest BCUT2D eigenvalue weighted by Crippen LogP contribution is 2.40. The van der Waals surface area contributed by atoms with Crippen molar-refractivity contribution in [2.24, 2.45) is 0 Å². The van der Waals surface area contributed by atoms with E-state index < -0.39 is 0 Å². The zero-order valence-corrected chi connectivity index (χ0v) is 32.1. The molecule has 0 atom stereocenters. The van der Waals surface area contributed by atoms with Crippen molar-refractivity contribution in [3.63, 3.8) is 0 Å². The van der Waals surface area contributed by atoms with Crippen LogP contribution >= 0.6 is 0 Å². The van der Waals surface area contributed by atoms with Gasteiger partial charge in [-0.2, -0.15) is 0 Å². The topological polar surface area (TPSA) is 77.8 Å². The average molecular weight is 769 g/mol. The number of aromatic nitrogens is 4. The molecule has 280 valence electrons. The maximum atomic E-state index is 6.57. The van der Waals surface area contributed by atoms with Crippen molar-refractivity contribution in [2.45, 2.75) is 0 Å². The predicted octanol–water partition coefficient (Wildman–Crippen LogP) is 14.2. The number of fused-ring (bicyclic) bond motifs is 8. The third kappa shape index (κ3) is 5.73. The summed E-state index contributed by atoms with van der Waals surface area (Å²) in [5.41, 5.74) is 11.3. The summed E-state index contributed by atoms with van der Waals surface area (Å²) in [5.74, 6) is 2.38. The highest BCUT2D eigenvalue weighted by molar-refractivity contribution is 6.21. The Morgan fingerprint density at radius 3 is 1.65 bits per heavy atom. The largest absolute Gasteiger partial charge is 0.455 e. The lowest BCUT2D eigenvalue weighted by Crippen LogP contribution is -2.00. The SMILES string of the molecule is c1ccc(-c2ccc(-c3nc(-c4ccc(-c5cccc6ccccc56)cc4)nc(-c4ccc5c(ccc6c5oc5ccc7nc(-c8ccccc8)oc7c56)c4)n3)cc2)cc1. The van der Waals surface area contributed by atoms with E-state index >= 15 is 0 Å². The molecule has 0 amide bonds. The Kier molecular flexibility index (Phi) is 7.74. The number of oxazole rings is 1. The van der Waals surface area contributed by atoms with E-state index in [0.29, 0.717) is 28.9 Å². The van der Waals surface area contributed by atoms with Gasteiger partial charge >= 0.3 is 0 Å². The van der Waals surface area contributed by atoms with Crippen LogP contribution in [0.3, 0.4) is 0 Å². The van der Waals surface area contributed by atoms with E-state index in [4.69, 9.17) is 28.8 Å². The van der Waals surface area contributed by atoms with Crippen LogP contribution in [-0.4, -0.2) is 19.9 Å². The lowest BCUT2D eigenvalue weighted by atomic mass is 9.97. The molecule has 0 unspecified atom stereocenters. The fourth-order valence-electron chi connectivity index (χ4n) is 8.36. The summed E-state index contributed by atoms with van der Waals surface area (Å²) in [6, 6.07) is 66.6. The van der Waals surface area contributed by atoms with E-state index in [2.05, 4.69) is 146 Å². The Hall–Kier alpha value is -8.22. The summed E-state index contributed by atoms with van der Waals surface area (Å²) in [5, 5.41) is 6.31. The monoisotopic (exact) mass is 768 g/mol. The molecular formula is C54H32N4O2. The summed E-state index contributed by atoms with van der Waals surface area (Å²) in [6.07, 6.45) is 0. The standard InChI is InChI=1S/C54H32N4O2/c1-3-10-33(11-4-1)34-18-22-37(23-19-34)51-56-52(38-24-20-36(21-25-38)43-17-9-15-35-12-7-8-16-42(35)43)58-53(57-51)41-27-28-44-40(32-41)26-29-45-48-47(59-49(44)45)31-30-46-50(48)60-54(55-46)39-13-5-2-6-14-39/h1-32H. The van der Waals surface area contributed by atoms with Gasteiger partial charge in [-0.1, -0.05) is 152 Å². The van der Waals surface area contributed by atoms with Crippen LogP contribution in [0.2, 0.25) is 0 Å². The first-order valence-corrected chi connectivity index (χ1v) is 20.0. The normalized spacial score (nSPS) is 11.7. The molecule has 0 aliphatic heterocycles. The molecule has 0 aliphatic rings. The van der Waals surface area contributed by atoms with Crippen molar-refractivity contribution >= 4 is 54.6 Å². The highest BCUT2D eigenvalue weighted by atomic mass is 16.4. The second kappa shape index (κ2) is 13.7. The Labute approximate surface area is 344 Å². The molecule has 0 N–H and O–H groups in total. The molecule has 0 saturated heterocycles. The van der Waals surface area contributed by atoms with Crippen LogP contribution in [0.25, 0.3) is 122 Å². The zero-order chi connectivity index (χ0) is 39.6. The van der Waals surface area contributed by atoms with Gasteiger partial charge in [0.25, 0.3) is 0 Å². The maximum absolute atomic E-state index is 6.57. The molecule has 60 heavy (non-hydrogen) atoms. The number of hydrogen-bond donors (Lipinski definition) is 0. The molecule has 3 aromatic heterocycles. The molecule has 6 heteroatoms. The van der Waals surface area contributed by atoms with E-state index in [1.165, 1.54) is 16.3 Å². The first-order chi connectivity index (χ1) is 29.7. The number of nitrogens with zero attached hydrogens (tertiary/aromatic N) is 4. The van der Waals surface area contributed by atoms with Gasteiger partial charge in [0.1, 0.15) is 16.7 Å². The minimum absolute atomic E-state index is 0.585. The molecule has 0 saturated carbocycles. The highest BCUT2D eigenvalue weighted by Gasteiger charge is 2.19. The van der Waals surface area contributed by atoms with E-state index in [-0.39, 0.29) is 0 Å². The number of hydrogen-bond acceptors (Lipinski definition) is 6. The third-order valence-electron chi connectivity index (χ3n) is 11.4. The first-order valence-electron chi connectivity index (χ1n) is 20.0. The zero-order valence-electron chi connectivity index (χ0n) is 32.1. The molecule has 12 rings (SSSR count). The summed E-state index contributed by atoms with van der Waals surface area (Å²) in [6.45, 7) is 0. The Balaban J connectivity index is 0.967. The average Bonchev–Trinajstić information content (AvgIpc) is 3.94. The fraction of sp³-hybridized carbons (Fsp3) is 0. The molecule has 0 radical (unpaired) electrons. The molecule has 0 aliphatic carbocycles. The summed E-state index contributed by atoms with van der Waals surface area (Å²) in [7, 11) is 0. The van der Waals surface area contributed by atoms with Gasteiger partial charge in [0.05, 0.1) is 5.39 Å². The number of benzene rings is 9. The van der Waals surface area contributed by atoms with Crippen molar-refractivity contribution in [3.8, 4) is 67.9 Å². The molecule has 9 aromatic carbocycles. The van der Waals surface area contributed by atoms with Gasteiger partial charge in [-0.3, -0.25) is 0 Å². The summed E-state index contributed by atoms with van der Waals surface area (Å²) >= 11 is 0. The van der Waals surface area contributed by atoms with Crippen LogP contribution in [0, 0.1) is 0 Å². The molecule has 0 bridgehead atoms. The second-order valence-electron chi connectivity index (χ2n) is 15.0.